The molecule has 2 rings (SSSR count). The van der Waals surface area contributed by atoms with Crippen LogP contribution < -0.4 is 0 Å². The molecule has 0 aromatic heterocycles. The number of rotatable bonds is 7. The smallest absolute Gasteiger partial charge is 0.323 e. The van der Waals surface area contributed by atoms with Crippen LogP contribution in [0.3, 0.4) is 0 Å². The number of carboxylic acid groups (broad SMARTS) is 1. The van der Waals surface area contributed by atoms with Gasteiger partial charge in [0.15, 0.2) is 9.04 Å². The van der Waals surface area contributed by atoms with Gasteiger partial charge >= 0.3 is 5.97 Å². The summed E-state index contributed by atoms with van der Waals surface area (Å²) >= 11 is 0. The van der Waals surface area contributed by atoms with Crippen LogP contribution in [0, 0.1) is 11.3 Å². The Bertz CT molecular complexity index is 817. The molecule has 1 aromatic carbocycles. The van der Waals surface area contributed by atoms with E-state index in [1.165, 1.54) is 16.7 Å². The highest BCUT2D eigenvalue weighted by Gasteiger charge is 2.46. The molecule has 0 fully saturated rings. The summed E-state index contributed by atoms with van der Waals surface area (Å²) < 4.78 is 5.98. The van der Waals surface area contributed by atoms with Crippen LogP contribution in [0.1, 0.15) is 33.3 Å². The fourth-order valence-electron chi connectivity index (χ4n) is 3.58. The van der Waals surface area contributed by atoms with E-state index in [-0.39, 0.29) is 17.2 Å². The van der Waals surface area contributed by atoms with Crippen molar-refractivity contribution in [2.45, 2.75) is 46.8 Å². The van der Waals surface area contributed by atoms with E-state index in [9.17, 15) is 19.5 Å². The minimum Gasteiger partial charge on any atom is -0.480 e. The highest BCUT2D eigenvalue weighted by atomic mass is 28.3. The van der Waals surface area contributed by atoms with E-state index in [4.69, 9.17) is 4.43 Å². The summed E-state index contributed by atoms with van der Waals surface area (Å²) in [5.74, 6) is -2.08. The Morgan fingerprint density at radius 3 is 2.27 bits per heavy atom. The lowest BCUT2D eigenvalue weighted by atomic mass is 9.75. The van der Waals surface area contributed by atoms with Crippen molar-refractivity contribution in [2.75, 3.05) is 13.2 Å². The zero-order chi connectivity index (χ0) is 22.6. The Morgan fingerprint density at radius 1 is 1.20 bits per heavy atom. The summed E-state index contributed by atoms with van der Waals surface area (Å²) in [6.07, 6.45) is 1.61. The molecule has 1 aliphatic rings. The predicted octanol–water partition coefficient (Wildman–Crippen LogP) is 2.79. The molecule has 1 aliphatic heterocycles. The monoisotopic (exact) mass is 432 g/mol. The second-order valence-electron chi connectivity index (χ2n) is 8.92. The number of carboxylic acids is 1. The minimum atomic E-state index is -1.36. The number of nitrogens with zero attached hydrogens (tertiary/aromatic N) is 2. The number of hydrogen-bond donors (Lipinski definition) is 1. The molecule has 0 spiro atoms. The average molecular weight is 433 g/mol. The highest BCUT2D eigenvalue weighted by Crippen LogP contribution is 2.37. The number of aliphatic carboxylic acids is 1. The van der Waals surface area contributed by atoms with Gasteiger partial charge < -0.3 is 14.4 Å². The second kappa shape index (κ2) is 9.57. The van der Waals surface area contributed by atoms with Crippen molar-refractivity contribution in [3.05, 3.63) is 42.1 Å². The first-order chi connectivity index (χ1) is 13.9. The first-order valence-corrected chi connectivity index (χ1v) is 12.9. The van der Waals surface area contributed by atoms with Crippen molar-refractivity contribution in [1.29, 1.82) is 0 Å². The first-order valence-electron chi connectivity index (χ1n) is 10.1. The van der Waals surface area contributed by atoms with Gasteiger partial charge in [-0.2, -0.15) is 0 Å². The Kier molecular flexibility index (Phi) is 7.60. The van der Waals surface area contributed by atoms with Crippen LogP contribution in [0.2, 0.25) is 13.1 Å². The van der Waals surface area contributed by atoms with E-state index >= 15 is 0 Å². The molecule has 8 heteroatoms. The molecule has 0 radical (unpaired) electrons. The maximum atomic E-state index is 13.7. The van der Waals surface area contributed by atoms with E-state index in [1.54, 1.807) is 18.3 Å². The summed E-state index contributed by atoms with van der Waals surface area (Å²) in [5, 5.41) is 9.46. The Hall–Kier alpha value is -2.45. The molecule has 164 valence electrons. The molecule has 2 amide bonds. The van der Waals surface area contributed by atoms with E-state index in [0.717, 1.165) is 0 Å². The lowest BCUT2D eigenvalue weighted by Crippen LogP contribution is -2.59. The van der Waals surface area contributed by atoms with Crippen LogP contribution >= 0.6 is 0 Å². The average Bonchev–Trinajstić information content (AvgIpc) is 2.63. The van der Waals surface area contributed by atoms with Gasteiger partial charge in [-0.05, 0) is 24.1 Å². The third-order valence-corrected chi connectivity index (χ3v) is 6.06. The number of hydrogen-bond acceptors (Lipinski definition) is 4. The van der Waals surface area contributed by atoms with Crippen molar-refractivity contribution in [3.8, 4) is 0 Å². The van der Waals surface area contributed by atoms with Crippen LogP contribution in [0.25, 0.3) is 5.70 Å². The largest absolute Gasteiger partial charge is 0.480 e. The second-order valence-corrected chi connectivity index (χ2v) is 11.4. The molecule has 2 atom stereocenters. The van der Waals surface area contributed by atoms with Gasteiger partial charge in [0, 0.05) is 25.6 Å². The Balaban J connectivity index is 2.62. The zero-order valence-electron chi connectivity index (χ0n) is 18.6. The van der Waals surface area contributed by atoms with Crippen LogP contribution in [0.4, 0.5) is 0 Å². The Labute approximate surface area is 180 Å². The van der Waals surface area contributed by atoms with E-state index < -0.39 is 33.5 Å². The molecule has 0 bridgehead atoms. The summed E-state index contributed by atoms with van der Waals surface area (Å²) in [7, 11) is -1.36. The van der Waals surface area contributed by atoms with Gasteiger partial charge in [-0.1, -0.05) is 51.1 Å². The lowest BCUT2D eigenvalue weighted by molar-refractivity contribution is -0.150. The number of benzene rings is 1. The summed E-state index contributed by atoms with van der Waals surface area (Å²) in [4.78, 5) is 40.6. The van der Waals surface area contributed by atoms with Gasteiger partial charge in [0.25, 0.3) is 5.91 Å². The minimum absolute atomic E-state index is 0.271. The zero-order valence-corrected chi connectivity index (χ0v) is 19.7. The molecule has 7 nitrogen and oxygen atoms in total. The van der Waals surface area contributed by atoms with Crippen LogP contribution in [0.5, 0.6) is 0 Å². The van der Waals surface area contributed by atoms with Crippen molar-refractivity contribution in [3.63, 3.8) is 0 Å². The van der Waals surface area contributed by atoms with Crippen LogP contribution in [-0.2, 0) is 18.8 Å². The van der Waals surface area contributed by atoms with Crippen LogP contribution in [0.15, 0.2) is 36.5 Å². The van der Waals surface area contributed by atoms with Crippen LogP contribution in [-0.4, -0.2) is 60.9 Å². The standard InChI is InChI=1S/C22H32N2O5Si/c1-15(25)23-12-18(16-10-8-7-9-11-16)24(13-19(26)27)21(28)20(23)17(22(2,3)4)14-29-30(5)6/h7-12,17,20,30H,13-14H2,1-6H3,(H,26,27). The summed E-state index contributed by atoms with van der Waals surface area (Å²) in [6.45, 7) is 11.4. The fraction of sp³-hybridized carbons (Fsp3) is 0.500. The third-order valence-electron chi connectivity index (χ3n) is 5.20. The SMILES string of the molecule is CC(=O)N1C=C(c2ccccc2)N(CC(=O)O)C(=O)C1C(CO[SiH](C)C)C(C)(C)C. The van der Waals surface area contributed by atoms with Crippen molar-refractivity contribution < 1.29 is 23.9 Å². The third kappa shape index (κ3) is 5.57. The lowest BCUT2D eigenvalue weighted by Gasteiger charge is -2.45. The maximum Gasteiger partial charge on any atom is 0.323 e. The highest BCUT2D eigenvalue weighted by molar-refractivity contribution is 6.48. The van der Waals surface area contributed by atoms with Crippen molar-refractivity contribution >= 4 is 32.5 Å². The van der Waals surface area contributed by atoms with E-state index in [2.05, 4.69) is 13.1 Å². The van der Waals surface area contributed by atoms with E-state index in [0.29, 0.717) is 17.9 Å². The molecule has 0 saturated heterocycles. The molecular formula is C22H32N2O5Si. The van der Waals surface area contributed by atoms with Gasteiger partial charge in [0.2, 0.25) is 5.91 Å². The first kappa shape index (κ1) is 23.8. The molecule has 1 N–H and O–H groups in total. The van der Waals surface area contributed by atoms with Gasteiger partial charge in [-0.3, -0.25) is 19.3 Å². The molecule has 0 saturated carbocycles. The Morgan fingerprint density at radius 2 is 1.80 bits per heavy atom. The normalized spacial score (nSPS) is 18.4. The molecule has 30 heavy (non-hydrogen) atoms. The van der Waals surface area contributed by atoms with Gasteiger partial charge in [0.05, 0.1) is 5.70 Å². The quantitative estimate of drug-likeness (QED) is 0.670. The molecular weight excluding hydrogens is 400 g/mol. The van der Waals surface area contributed by atoms with Gasteiger partial charge in [-0.15, -0.1) is 0 Å². The molecule has 1 aromatic rings. The predicted molar refractivity (Wildman–Crippen MR) is 118 cm³/mol. The molecule has 1 heterocycles. The van der Waals surface area contributed by atoms with Crippen molar-refractivity contribution in [2.24, 2.45) is 11.3 Å². The molecule has 0 aliphatic carbocycles. The fourth-order valence-corrected chi connectivity index (χ4v) is 4.17. The summed E-state index contributed by atoms with van der Waals surface area (Å²) in [6, 6.07) is 8.21. The number of amides is 2. The topological polar surface area (TPSA) is 87.2 Å². The molecule has 2 unspecified atom stereocenters. The summed E-state index contributed by atoms with van der Waals surface area (Å²) in [5.41, 5.74) is 0.737. The number of carbonyl (C=O) groups excluding carboxylic acids is 2. The van der Waals surface area contributed by atoms with Gasteiger partial charge in [0.1, 0.15) is 12.6 Å². The number of carbonyl (C=O) groups is 3. The van der Waals surface area contributed by atoms with Crippen molar-refractivity contribution in [1.82, 2.24) is 9.80 Å². The van der Waals surface area contributed by atoms with Gasteiger partial charge in [-0.25, -0.2) is 0 Å². The van der Waals surface area contributed by atoms with E-state index in [1.807, 2.05) is 39.0 Å². The maximum absolute atomic E-state index is 13.7.